The fourth-order valence-corrected chi connectivity index (χ4v) is 10.9. The standard InChI is InChI=1S/C53H83N3O14/c1-16-41-53(11,61)47(64-25-21-20-24-56-29-39(54-30-56)38-22-18-17-19-23-38)33(4)43(58)31(2)27-51(9,62-14)46(70-50-44(59)40(55(12)13)26-32(3)65-50)34(5)45(35(6)49(60)68-41)69-42-28-52(10,63-15)48(36(7)66-42)67-37(8)57/h17-23,29-36,40-42,44-48,50,59,61H,16,24-28H2,1-15H3/b21-20+/t31-,32-,33-,34+,35-,36+,40+,41+,42+,44-,45+,46-,47-,48+,50?,51+,52-,53-/m1/s1. The highest BCUT2D eigenvalue weighted by molar-refractivity contribution is 5.83. The molecule has 3 saturated heterocycles. The average Bonchev–Trinajstić information content (AvgIpc) is 3.80. The van der Waals surface area contributed by atoms with Gasteiger partial charge in [-0.25, -0.2) is 4.98 Å². The van der Waals surface area contributed by atoms with Crippen LogP contribution in [0.2, 0.25) is 0 Å². The zero-order valence-electron chi connectivity index (χ0n) is 44.2. The summed E-state index contributed by atoms with van der Waals surface area (Å²) in [6, 6.07) is 9.58. The number of carbonyl (C=O) groups is 3. The van der Waals surface area contributed by atoms with Crippen LogP contribution in [0.4, 0.5) is 0 Å². The molecule has 5 rings (SSSR count). The Morgan fingerprint density at radius 3 is 2.19 bits per heavy atom. The fraction of sp³-hybridized carbons (Fsp3) is 0.736. The molecular weight excluding hydrogens is 903 g/mol. The van der Waals surface area contributed by atoms with Crippen molar-refractivity contribution >= 4 is 17.7 Å². The van der Waals surface area contributed by atoms with E-state index in [1.54, 1.807) is 40.9 Å². The van der Waals surface area contributed by atoms with Gasteiger partial charge >= 0.3 is 11.9 Å². The lowest BCUT2D eigenvalue weighted by molar-refractivity contribution is -0.320. The van der Waals surface area contributed by atoms with E-state index in [2.05, 4.69) is 4.98 Å². The van der Waals surface area contributed by atoms with Crippen LogP contribution in [0.3, 0.4) is 0 Å². The van der Waals surface area contributed by atoms with E-state index in [4.69, 9.17) is 42.6 Å². The van der Waals surface area contributed by atoms with Gasteiger partial charge in [0, 0.05) is 69.7 Å². The SMILES string of the molecule is CC[C@@H]1OC(=O)[C@H](C)[C@@H](O[C@H]2C[C@@](C)(OC)[C@@H](OC(C)=O)[C@H](C)O2)[C@H](C)[C@@H](OC2O[C@H](C)C[C@H](N(C)C)[C@H]2O)[C@@](C)(OC)C[C@@H](C)C(=O)[C@@H](C)[C@@H](OC/C=C/Cn2cnc(-c3ccccc3)c2)[C@]1(C)O. The van der Waals surface area contributed by atoms with Crippen molar-refractivity contribution < 1.29 is 67.2 Å². The monoisotopic (exact) mass is 986 g/mol. The normalized spacial score (nSPS) is 39.4. The van der Waals surface area contributed by atoms with E-state index < -0.39 is 108 Å². The summed E-state index contributed by atoms with van der Waals surface area (Å²) < 4.78 is 59.6. The first-order valence-electron chi connectivity index (χ1n) is 24.9. The van der Waals surface area contributed by atoms with E-state index in [9.17, 15) is 24.6 Å². The van der Waals surface area contributed by atoms with E-state index in [-0.39, 0.29) is 43.8 Å². The summed E-state index contributed by atoms with van der Waals surface area (Å²) >= 11 is 0. The number of aliphatic hydroxyl groups is 2. The number of aliphatic hydroxyl groups excluding tert-OH is 1. The van der Waals surface area contributed by atoms with Gasteiger partial charge < -0.3 is 62.3 Å². The molecule has 0 aliphatic carbocycles. The van der Waals surface area contributed by atoms with Crippen molar-refractivity contribution in [2.45, 2.75) is 193 Å². The zero-order chi connectivity index (χ0) is 51.9. The van der Waals surface area contributed by atoms with E-state index in [1.165, 1.54) is 21.1 Å². The average molecular weight is 986 g/mol. The Bertz CT molecular complexity index is 2030. The number of methoxy groups -OCH3 is 2. The second kappa shape index (κ2) is 24.4. The third-order valence-electron chi connectivity index (χ3n) is 15.0. The number of rotatable bonds is 15. The number of ether oxygens (including phenoxy) is 9. The third-order valence-corrected chi connectivity index (χ3v) is 15.0. The predicted molar refractivity (Wildman–Crippen MR) is 261 cm³/mol. The molecule has 3 aliphatic heterocycles. The number of hydrogen-bond acceptors (Lipinski definition) is 16. The number of hydrogen-bond donors (Lipinski definition) is 2. The minimum absolute atomic E-state index is 0.0432. The smallest absolute Gasteiger partial charge is 0.311 e. The first-order chi connectivity index (χ1) is 32.9. The molecule has 4 heterocycles. The minimum Gasteiger partial charge on any atom is -0.459 e. The molecule has 0 saturated carbocycles. The molecule has 2 aromatic rings. The van der Waals surface area contributed by atoms with Crippen LogP contribution >= 0.6 is 0 Å². The highest BCUT2D eigenvalue weighted by Crippen LogP contribution is 2.42. The highest BCUT2D eigenvalue weighted by Gasteiger charge is 2.55. The molecule has 0 spiro atoms. The molecule has 1 unspecified atom stereocenters. The Morgan fingerprint density at radius 2 is 1.57 bits per heavy atom. The molecule has 17 nitrogen and oxygen atoms in total. The Morgan fingerprint density at radius 1 is 0.914 bits per heavy atom. The van der Waals surface area contributed by atoms with Crippen LogP contribution in [0.1, 0.15) is 102 Å². The van der Waals surface area contributed by atoms with Gasteiger partial charge in [0.15, 0.2) is 18.7 Å². The number of likely N-dealkylation sites (N-methyl/N-ethyl adjacent to an activating group) is 1. The summed E-state index contributed by atoms with van der Waals surface area (Å²) in [5.41, 5.74) is -2.34. The van der Waals surface area contributed by atoms with Gasteiger partial charge in [-0.2, -0.15) is 0 Å². The van der Waals surface area contributed by atoms with E-state index in [0.29, 0.717) is 13.0 Å². The predicted octanol–water partition coefficient (Wildman–Crippen LogP) is 6.15. The second-order valence-electron chi connectivity index (χ2n) is 20.8. The van der Waals surface area contributed by atoms with Crippen molar-refractivity contribution in [2.24, 2.45) is 23.7 Å². The maximum atomic E-state index is 14.9. The Balaban J connectivity index is 1.53. The molecule has 70 heavy (non-hydrogen) atoms. The molecule has 1 aromatic heterocycles. The molecule has 3 aliphatic rings. The van der Waals surface area contributed by atoms with Crippen molar-refractivity contribution in [2.75, 3.05) is 34.9 Å². The van der Waals surface area contributed by atoms with Crippen molar-refractivity contribution in [3.8, 4) is 11.3 Å². The maximum Gasteiger partial charge on any atom is 0.311 e. The maximum absolute atomic E-state index is 14.9. The van der Waals surface area contributed by atoms with Gasteiger partial charge in [0.2, 0.25) is 0 Å². The number of esters is 2. The van der Waals surface area contributed by atoms with Gasteiger partial charge in [-0.1, -0.05) is 70.2 Å². The number of imidazole rings is 1. The van der Waals surface area contributed by atoms with Crippen LogP contribution < -0.4 is 0 Å². The van der Waals surface area contributed by atoms with Crippen molar-refractivity contribution in [1.29, 1.82) is 0 Å². The van der Waals surface area contributed by atoms with Crippen LogP contribution in [-0.4, -0.2) is 162 Å². The van der Waals surface area contributed by atoms with Gasteiger partial charge in [0.1, 0.15) is 29.2 Å². The van der Waals surface area contributed by atoms with E-state index in [1.807, 2.05) is 107 Å². The third kappa shape index (κ3) is 13.3. The van der Waals surface area contributed by atoms with Gasteiger partial charge in [-0.05, 0) is 74.9 Å². The molecule has 2 N–H and O–H groups in total. The van der Waals surface area contributed by atoms with E-state index >= 15 is 0 Å². The lowest BCUT2D eigenvalue weighted by Gasteiger charge is -2.50. The molecule has 0 bridgehead atoms. The number of ketones is 1. The van der Waals surface area contributed by atoms with Crippen LogP contribution in [0.5, 0.6) is 0 Å². The zero-order valence-corrected chi connectivity index (χ0v) is 44.2. The molecule has 18 atom stereocenters. The second-order valence-corrected chi connectivity index (χ2v) is 20.8. The Hall–Kier alpha value is -3.62. The molecule has 0 amide bonds. The van der Waals surface area contributed by atoms with Crippen molar-refractivity contribution in [1.82, 2.24) is 14.5 Å². The summed E-state index contributed by atoms with van der Waals surface area (Å²) in [6.07, 6.45) is -0.826. The molecule has 17 heteroatoms. The first-order valence-corrected chi connectivity index (χ1v) is 24.9. The molecule has 1 aromatic carbocycles. The summed E-state index contributed by atoms with van der Waals surface area (Å²) in [7, 11) is 6.84. The van der Waals surface area contributed by atoms with Gasteiger partial charge in [-0.3, -0.25) is 14.4 Å². The van der Waals surface area contributed by atoms with Crippen LogP contribution in [-0.2, 0) is 63.6 Å². The van der Waals surface area contributed by atoms with Gasteiger partial charge in [-0.15, -0.1) is 0 Å². The Labute approximate surface area is 415 Å². The number of nitrogens with zero attached hydrogens (tertiary/aromatic N) is 3. The largest absolute Gasteiger partial charge is 0.459 e. The molecule has 0 radical (unpaired) electrons. The lowest BCUT2D eigenvalue weighted by atomic mass is 9.73. The number of aromatic nitrogens is 2. The topological polar surface area (TPSA) is 196 Å². The van der Waals surface area contributed by atoms with Crippen molar-refractivity contribution in [3.63, 3.8) is 0 Å². The van der Waals surface area contributed by atoms with Gasteiger partial charge in [0.05, 0.1) is 60.7 Å². The first kappa shape index (κ1) is 57.3. The number of benzene rings is 1. The number of Topliss-reactive ketones (excluding diaryl/α,β-unsaturated/α-hetero) is 1. The number of carbonyl (C=O) groups excluding carboxylic acids is 3. The van der Waals surface area contributed by atoms with E-state index in [0.717, 1.165) is 11.3 Å². The minimum atomic E-state index is -1.86. The quantitative estimate of drug-likeness (QED) is 0.152. The molecule has 394 valence electrons. The molecular formula is C53H83N3O14. The Kier molecular flexibility index (Phi) is 20.0. The lowest BCUT2D eigenvalue weighted by Crippen LogP contribution is -2.62. The summed E-state index contributed by atoms with van der Waals surface area (Å²) in [4.78, 5) is 48.4. The summed E-state index contributed by atoms with van der Waals surface area (Å²) in [6.45, 7) is 19.6. The molecule has 3 fully saturated rings. The van der Waals surface area contributed by atoms with Crippen molar-refractivity contribution in [3.05, 3.63) is 55.0 Å². The van der Waals surface area contributed by atoms with Crippen LogP contribution in [0, 0.1) is 23.7 Å². The van der Waals surface area contributed by atoms with Gasteiger partial charge in [0.25, 0.3) is 0 Å². The summed E-state index contributed by atoms with van der Waals surface area (Å²) in [5, 5.41) is 24.4. The summed E-state index contributed by atoms with van der Waals surface area (Å²) in [5.74, 6) is -4.76. The number of allylic oxidation sites excluding steroid dienone is 1. The van der Waals surface area contributed by atoms with Crippen LogP contribution in [0.15, 0.2) is 55.0 Å². The van der Waals surface area contributed by atoms with Crippen LogP contribution in [0.25, 0.3) is 11.3 Å². The number of cyclic esters (lactones) is 1. The fourth-order valence-electron chi connectivity index (χ4n) is 10.9. The highest BCUT2D eigenvalue weighted by atomic mass is 16.7.